The summed E-state index contributed by atoms with van der Waals surface area (Å²) in [5, 5.41) is 11.9. The molecule has 1 amide bonds. The van der Waals surface area contributed by atoms with Gasteiger partial charge in [0.05, 0.1) is 5.57 Å². The average molecular weight is 480 g/mol. The zero-order valence-electron chi connectivity index (χ0n) is 18.0. The van der Waals surface area contributed by atoms with Gasteiger partial charge in [-0.1, -0.05) is 23.7 Å². The molecule has 1 unspecified atom stereocenters. The molecule has 1 aliphatic heterocycles. The molecule has 2 aromatic carbocycles. The van der Waals surface area contributed by atoms with E-state index >= 15 is 0 Å². The van der Waals surface area contributed by atoms with Crippen molar-refractivity contribution in [2.24, 2.45) is 0 Å². The number of amides is 1. The van der Waals surface area contributed by atoms with Gasteiger partial charge in [0.15, 0.2) is 11.5 Å². The molecule has 2 aromatic heterocycles. The molecule has 0 radical (unpaired) electrons. The van der Waals surface area contributed by atoms with Gasteiger partial charge in [-0.25, -0.2) is 4.39 Å². The van der Waals surface area contributed by atoms with Crippen LogP contribution in [0.3, 0.4) is 0 Å². The number of halogens is 2. The zero-order valence-corrected chi connectivity index (χ0v) is 18.8. The number of furan rings is 2. The number of hydrogen-bond donors (Lipinski definition) is 1. The Morgan fingerprint density at radius 3 is 2.56 bits per heavy atom. The second-order valence-electron chi connectivity index (χ2n) is 8.11. The van der Waals surface area contributed by atoms with Crippen LogP contribution in [0.4, 0.5) is 4.39 Å². The lowest BCUT2D eigenvalue weighted by Crippen LogP contribution is -2.32. The van der Waals surface area contributed by atoms with Crippen LogP contribution in [-0.4, -0.2) is 28.2 Å². The van der Waals surface area contributed by atoms with Crippen LogP contribution in [-0.2, 0) is 11.2 Å². The van der Waals surface area contributed by atoms with Crippen molar-refractivity contribution in [3.8, 4) is 0 Å². The van der Waals surface area contributed by atoms with Gasteiger partial charge >= 0.3 is 0 Å². The topological polar surface area (TPSA) is 83.9 Å². The zero-order chi connectivity index (χ0) is 24.0. The molecule has 8 heteroatoms. The van der Waals surface area contributed by atoms with Gasteiger partial charge in [-0.05, 0) is 67.4 Å². The van der Waals surface area contributed by atoms with Gasteiger partial charge in [-0.3, -0.25) is 9.59 Å². The summed E-state index contributed by atoms with van der Waals surface area (Å²) in [6.07, 6.45) is 0.389. The number of fused-ring (bicyclic) bond motifs is 1. The smallest absolute Gasteiger partial charge is 0.290 e. The fraction of sp³-hybridized carbons (Fsp3) is 0.154. The largest absolute Gasteiger partial charge is 0.503 e. The van der Waals surface area contributed by atoms with Gasteiger partial charge in [0.25, 0.3) is 5.91 Å². The van der Waals surface area contributed by atoms with Crippen molar-refractivity contribution in [3.05, 3.63) is 106 Å². The van der Waals surface area contributed by atoms with Crippen molar-refractivity contribution in [2.75, 3.05) is 6.54 Å². The number of aliphatic hydroxyl groups is 1. The van der Waals surface area contributed by atoms with Crippen LogP contribution in [0.2, 0.25) is 5.02 Å². The number of carbonyl (C=O) groups excluding carboxylic acids is 2. The highest BCUT2D eigenvalue weighted by Crippen LogP contribution is 2.40. The molecule has 1 aliphatic rings. The standard InChI is InChI=1S/C26H19ClFNO5/c1-14-2-8-20(33-14)23-22(24(30)21-13-16-12-17(27)5-9-19(16)34-21)25(31)26(32)29(23)11-10-15-3-6-18(28)7-4-15/h2-9,12-13,23,31H,10-11H2,1H3. The first-order chi connectivity index (χ1) is 16.3. The van der Waals surface area contributed by atoms with E-state index in [1.165, 1.54) is 23.1 Å². The first kappa shape index (κ1) is 22.0. The van der Waals surface area contributed by atoms with Crippen molar-refractivity contribution < 1.29 is 27.9 Å². The maximum Gasteiger partial charge on any atom is 0.290 e. The summed E-state index contributed by atoms with van der Waals surface area (Å²) in [6.45, 7) is 1.92. The third-order valence-corrected chi connectivity index (χ3v) is 6.07. The van der Waals surface area contributed by atoms with Gasteiger partial charge in [-0.15, -0.1) is 0 Å². The van der Waals surface area contributed by atoms with E-state index in [2.05, 4.69) is 0 Å². The third kappa shape index (κ3) is 3.88. The van der Waals surface area contributed by atoms with Crippen LogP contribution in [0.25, 0.3) is 11.0 Å². The Labute approximate surface area is 198 Å². The van der Waals surface area contributed by atoms with E-state index in [1.54, 1.807) is 49.4 Å². The summed E-state index contributed by atoms with van der Waals surface area (Å²) in [5.41, 5.74) is 1.14. The van der Waals surface area contributed by atoms with Crippen LogP contribution in [0.15, 0.2) is 80.8 Å². The van der Waals surface area contributed by atoms with Gasteiger partial charge < -0.3 is 18.8 Å². The summed E-state index contributed by atoms with van der Waals surface area (Å²) in [6, 6.07) is 14.9. The monoisotopic (exact) mass is 479 g/mol. The molecule has 34 heavy (non-hydrogen) atoms. The van der Waals surface area contributed by atoms with Crippen LogP contribution in [0.5, 0.6) is 0 Å². The lowest BCUT2D eigenvalue weighted by atomic mass is 9.99. The quantitative estimate of drug-likeness (QED) is 0.345. The van der Waals surface area contributed by atoms with Gasteiger partial charge in [0.2, 0.25) is 5.78 Å². The molecule has 0 saturated carbocycles. The Morgan fingerprint density at radius 1 is 1.09 bits per heavy atom. The van der Waals surface area contributed by atoms with E-state index < -0.39 is 23.5 Å². The molecule has 4 aromatic rings. The van der Waals surface area contributed by atoms with Gasteiger partial charge in [0, 0.05) is 17.0 Å². The predicted octanol–water partition coefficient (Wildman–Crippen LogP) is 5.95. The molecular formula is C26H19ClFNO5. The summed E-state index contributed by atoms with van der Waals surface area (Å²) in [4.78, 5) is 27.9. The van der Waals surface area contributed by atoms with E-state index in [-0.39, 0.29) is 23.7 Å². The fourth-order valence-corrected chi connectivity index (χ4v) is 4.35. The number of benzene rings is 2. The Morgan fingerprint density at radius 2 is 1.85 bits per heavy atom. The van der Waals surface area contributed by atoms with Crippen LogP contribution >= 0.6 is 11.6 Å². The minimum atomic E-state index is -0.939. The molecule has 3 heterocycles. The second kappa shape index (κ2) is 8.50. The maximum absolute atomic E-state index is 13.5. The van der Waals surface area contributed by atoms with Crippen molar-refractivity contribution >= 4 is 34.3 Å². The Bertz CT molecular complexity index is 1450. The lowest BCUT2D eigenvalue weighted by molar-refractivity contribution is -0.129. The maximum atomic E-state index is 13.5. The molecule has 0 bridgehead atoms. The Kier molecular flexibility index (Phi) is 5.49. The van der Waals surface area contributed by atoms with Crippen LogP contribution < -0.4 is 0 Å². The van der Waals surface area contributed by atoms with E-state index in [0.717, 1.165) is 5.56 Å². The highest BCUT2D eigenvalue weighted by molar-refractivity contribution is 6.31. The number of hydrogen-bond acceptors (Lipinski definition) is 5. The number of nitrogens with zero attached hydrogens (tertiary/aromatic N) is 1. The molecule has 6 nitrogen and oxygen atoms in total. The Hall–Kier alpha value is -3.84. The fourth-order valence-electron chi connectivity index (χ4n) is 4.17. The molecule has 0 saturated heterocycles. The molecule has 0 spiro atoms. The SMILES string of the molecule is Cc1ccc(C2C(C(=O)c3cc4cc(Cl)ccc4o3)=C(O)C(=O)N2CCc2ccc(F)cc2)o1. The number of carbonyl (C=O) groups is 2. The van der Waals surface area contributed by atoms with Gasteiger partial charge in [0.1, 0.15) is 29.0 Å². The molecule has 0 aliphatic carbocycles. The summed E-state index contributed by atoms with van der Waals surface area (Å²) in [5.74, 6) is -1.41. The van der Waals surface area contributed by atoms with Crippen molar-refractivity contribution in [3.63, 3.8) is 0 Å². The minimum absolute atomic E-state index is 0.0275. The minimum Gasteiger partial charge on any atom is -0.503 e. The normalized spacial score (nSPS) is 16.1. The summed E-state index contributed by atoms with van der Waals surface area (Å²) < 4.78 is 24.7. The number of aryl methyl sites for hydroxylation is 1. The first-order valence-electron chi connectivity index (χ1n) is 10.6. The lowest BCUT2D eigenvalue weighted by Gasteiger charge is -2.24. The Balaban J connectivity index is 1.51. The highest BCUT2D eigenvalue weighted by Gasteiger charge is 2.45. The molecule has 5 rings (SSSR count). The molecular weight excluding hydrogens is 461 g/mol. The van der Waals surface area contributed by atoms with E-state index in [0.29, 0.717) is 33.9 Å². The molecule has 1 atom stereocenters. The van der Waals surface area contributed by atoms with E-state index in [4.69, 9.17) is 20.4 Å². The second-order valence-corrected chi connectivity index (χ2v) is 8.55. The average Bonchev–Trinajstić information content (AvgIpc) is 3.49. The van der Waals surface area contributed by atoms with E-state index in [1.807, 2.05) is 0 Å². The van der Waals surface area contributed by atoms with Gasteiger partial charge in [-0.2, -0.15) is 0 Å². The highest BCUT2D eigenvalue weighted by atomic mass is 35.5. The predicted molar refractivity (Wildman–Crippen MR) is 123 cm³/mol. The van der Waals surface area contributed by atoms with Crippen molar-refractivity contribution in [1.82, 2.24) is 4.90 Å². The third-order valence-electron chi connectivity index (χ3n) is 5.84. The van der Waals surface area contributed by atoms with E-state index in [9.17, 15) is 19.1 Å². The summed E-state index contributed by atoms with van der Waals surface area (Å²) in [7, 11) is 0. The number of Topliss-reactive ketones (excluding diaryl/α,β-unsaturated/α-hetero) is 1. The molecule has 1 N–H and O–H groups in total. The first-order valence-corrected chi connectivity index (χ1v) is 11.0. The van der Waals surface area contributed by atoms with Crippen LogP contribution in [0, 0.1) is 12.7 Å². The number of aliphatic hydroxyl groups excluding tert-OH is 1. The molecule has 0 fully saturated rings. The summed E-state index contributed by atoms with van der Waals surface area (Å²) >= 11 is 6.04. The number of ketones is 1. The number of rotatable bonds is 6. The molecule has 172 valence electrons. The van der Waals surface area contributed by atoms with Crippen molar-refractivity contribution in [1.29, 1.82) is 0 Å². The van der Waals surface area contributed by atoms with Crippen LogP contribution in [0.1, 0.15) is 33.7 Å². The van der Waals surface area contributed by atoms with Crippen molar-refractivity contribution in [2.45, 2.75) is 19.4 Å².